The van der Waals surface area contributed by atoms with Crippen molar-refractivity contribution in [2.45, 2.75) is 11.8 Å². The molecule has 0 heterocycles. The van der Waals surface area contributed by atoms with Crippen LogP contribution >= 0.6 is 0 Å². The molecule has 0 aliphatic heterocycles. The first kappa shape index (κ1) is 16.0. The van der Waals surface area contributed by atoms with Crippen LogP contribution in [0.15, 0.2) is 47.4 Å². The van der Waals surface area contributed by atoms with Gasteiger partial charge >= 0.3 is 0 Å². The Morgan fingerprint density at radius 3 is 2.50 bits per heavy atom. The smallest absolute Gasteiger partial charge is 0.255 e. The molecular formula is C15H16N2O4S. The van der Waals surface area contributed by atoms with Crippen LogP contribution in [0.2, 0.25) is 0 Å². The van der Waals surface area contributed by atoms with Crippen molar-refractivity contribution < 1.29 is 17.9 Å². The molecule has 2 aromatic rings. The monoisotopic (exact) mass is 320 g/mol. The van der Waals surface area contributed by atoms with Crippen LogP contribution in [0.5, 0.6) is 5.75 Å². The van der Waals surface area contributed by atoms with E-state index in [1.54, 1.807) is 38.3 Å². The van der Waals surface area contributed by atoms with Crippen LogP contribution in [0.4, 0.5) is 5.69 Å². The normalized spacial score (nSPS) is 11.0. The molecule has 0 spiro atoms. The van der Waals surface area contributed by atoms with Gasteiger partial charge in [-0.3, -0.25) is 4.79 Å². The third-order valence-electron chi connectivity index (χ3n) is 3.10. The van der Waals surface area contributed by atoms with Crippen LogP contribution in [-0.4, -0.2) is 21.4 Å². The molecule has 0 saturated heterocycles. The lowest BCUT2D eigenvalue weighted by Gasteiger charge is -2.10. The number of hydrogen-bond acceptors (Lipinski definition) is 4. The summed E-state index contributed by atoms with van der Waals surface area (Å²) in [5, 5.41) is 7.72. The zero-order valence-electron chi connectivity index (χ0n) is 12.2. The molecule has 0 radical (unpaired) electrons. The fourth-order valence-corrected chi connectivity index (χ4v) is 2.53. The van der Waals surface area contributed by atoms with E-state index in [1.807, 2.05) is 0 Å². The third-order valence-corrected chi connectivity index (χ3v) is 4.01. The number of amides is 1. The van der Waals surface area contributed by atoms with E-state index in [0.29, 0.717) is 17.0 Å². The lowest BCUT2D eigenvalue weighted by atomic mass is 10.1. The van der Waals surface area contributed by atoms with Gasteiger partial charge in [0.2, 0.25) is 10.0 Å². The number of aryl methyl sites for hydroxylation is 1. The number of benzene rings is 2. The highest BCUT2D eigenvalue weighted by Gasteiger charge is 2.12. The first-order valence-corrected chi connectivity index (χ1v) is 7.95. The maximum Gasteiger partial charge on any atom is 0.255 e. The van der Waals surface area contributed by atoms with Crippen molar-refractivity contribution in [3.05, 3.63) is 53.6 Å². The largest absolute Gasteiger partial charge is 0.497 e. The summed E-state index contributed by atoms with van der Waals surface area (Å²) in [5.41, 5.74) is 1.58. The fraction of sp³-hybridized carbons (Fsp3) is 0.133. The number of rotatable bonds is 4. The fourth-order valence-electron chi connectivity index (χ4n) is 1.97. The van der Waals surface area contributed by atoms with Gasteiger partial charge in [0.15, 0.2) is 0 Å². The average molecular weight is 320 g/mol. The minimum atomic E-state index is -3.81. The molecule has 22 heavy (non-hydrogen) atoms. The van der Waals surface area contributed by atoms with E-state index in [-0.39, 0.29) is 10.8 Å². The van der Waals surface area contributed by atoms with Crippen molar-refractivity contribution in [3.63, 3.8) is 0 Å². The van der Waals surface area contributed by atoms with E-state index in [1.165, 1.54) is 18.2 Å². The van der Waals surface area contributed by atoms with E-state index in [0.717, 1.165) is 5.56 Å². The summed E-state index contributed by atoms with van der Waals surface area (Å²) in [4.78, 5) is 12.2. The number of nitrogens with one attached hydrogen (secondary N) is 1. The van der Waals surface area contributed by atoms with E-state index in [2.05, 4.69) is 5.32 Å². The van der Waals surface area contributed by atoms with Crippen LogP contribution in [-0.2, 0) is 10.0 Å². The number of nitrogens with two attached hydrogens (primary N) is 1. The molecular weight excluding hydrogens is 304 g/mol. The Morgan fingerprint density at radius 2 is 1.91 bits per heavy atom. The Kier molecular flexibility index (Phi) is 4.48. The first-order valence-electron chi connectivity index (χ1n) is 6.40. The maximum atomic E-state index is 12.3. The van der Waals surface area contributed by atoms with E-state index in [9.17, 15) is 13.2 Å². The molecule has 0 aliphatic rings. The Hall–Kier alpha value is -2.38. The molecule has 2 aromatic carbocycles. The molecule has 0 aromatic heterocycles. The van der Waals surface area contributed by atoms with Gasteiger partial charge in [0.1, 0.15) is 5.75 Å². The van der Waals surface area contributed by atoms with Gasteiger partial charge in [-0.05, 0) is 48.9 Å². The van der Waals surface area contributed by atoms with Crippen molar-refractivity contribution in [2.24, 2.45) is 5.14 Å². The minimum Gasteiger partial charge on any atom is -0.497 e. The highest BCUT2D eigenvalue weighted by Crippen LogP contribution is 2.19. The highest BCUT2D eigenvalue weighted by atomic mass is 32.2. The second-order valence-electron chi connectivity index (χ2n) is 4.71. The summed E-state index contributed by atoms with van der Waals surface area (Å²) in [6.07, 6.45) is 0. The van der Waals surface area contributed by atoms with E-state index >= 15 is 0 Å². The lowest BCUT2D eigenvalue weighted by molar-refractivity contribution is 0.102. The van der Waals surface area contributed by atoms with Crippen LogP contribution in [0.1, 0.15) is 15.9 Å². The number of anilines is 1. The zero-order valence-corrected chi connectivity index (χ0v) is 13.0. The standard InChI is InChI=1S/C15H16N2O4S/c1-10-8-12(21-2)6-7-14(10)15(18)17-11-4-3-5-13(9-11)22(16,19)20/h3-9H,1-2H3,(H,17,18)(H2,16,19,20). The van der Waals surface area contributed by atoms with Gasteiger partial charge < -0.3 is 10.1 Å². The van der Waals surface area contributed by atoms with Gasteiger partial charge in [0.25, 0.3) is 5.91 Å². The Bertz CT molecular complexity index is 816. The summed E-state index contributed by atoms with van der Waals surface area (Å²) >= 11 is 0. The molecule has 6 nitrogen and oxygen atoms in total. The molecule has 2 rings (SSSR count). The van der Waals surface area contributed by atoms with Crippen molar-refractivity contribution in [1.82, 2.24) is 0 Å². The number of ether oxygens (including phenoxy) is 1. The summed E-state index contributed by atoms with van der Waals surface area (Å²) in [6.45, 7) is 1.79. The number of methoxy groups -OCH3 is 1. The van der Waals surface area contributed by atoms with Gasteiger partial charge in [-0.15, -0.1) is 0 Å². The molecule has 116 valence electrons. The number of sulfonamides is 1. The predicted octanol–water partition coefficient (Wildman–Crippen LogP) is 1.90. The zero-order chi connectivity index (χ0) is 16.3. The van der Waals surface area contributed by atoms with Crippen LogP contribution in [0, 0.1) is 6.92 Å². The number of primary sulfonamides is 1. The maximum absolute atomic E-state index is 12.3. The molecule has 0 bridgehead atoms. The van der Waals surface area contributed by atoms with Gasteiger partial charge in [-0.1, -0.05) is 6.07 Å². The first-order chi connectivity index (χ1) is 10.3. The van der Waals surface area contributed by atoms with Crippen molar-refractivity contribution in [2.75, 3.05) is 12.4 Å². The second-order valence-corrected chi connectivity index (χ2v) is 6.27. The molecule has 0 fully saturated rings. The van der Waals surface area contributed by atoms with Gasteiger partial charge in [-0.25, -0.2) is 13.6 Å². The molecule has 7 heteroatoms. The molecule has 1 amide bonds. The quantitative estimate of drug-likeness (QED) is 0.899. The van der Waals surface area contributed by atoms with Crippen molar-refractivity contribution in [1.29, 1.82) is 0 Å². The second kappa shape index (κ2) is 6.17. The van der Waals surface area contributed by atoms with Gasteiger partial charge in [-0.2, -0.15) is 0 Å². The summed E-state index contributed by atoms with van der Waals surface area (Å²) in [5.74, 6) is 0.317. The van der Waals surface area contributed by atoms with Gasteiger partial charge in [0.05, 0.1) is 12.0 Å². The summed E-state index contributed by atoms with van der Waals surface area (Å²) in [6, 6.07) is 10.8. The highest BCUT2D eigenvalue weighted by molar-refractivity contribution is 7.89. The number of hydrogen-bond donors (Lipinski definition) is 2. The third kappa shape index (κ3) is 3.63. The van der Waals surface area contributed by atoms with Crippen molar-refractivity contribution in [3.8, 4) is 5.75 Å². The summed E-state index contributed by atoms with van der Waals surface area (Å²) < 4.78 is 27.7. The van der Waals surface area contributed by atoms with Crippen LogP contribution in [0.25, 0.3) is 0 Å². The molecule has 0 atom stereocenters. The van der Waals surface area contributed by atoms with Gasteiger partial charge in [0, 0.05) is 11.3 Å². The minimum absolute atomic E-state index is 0.0586. The Labute approximate surface area is 129 Å². The van der Waals surface area contributed by atoms with E-state index in [4.69, 9.17) is 9.88 Å². The van der Waals surface area contributed by atoms with Crippen LogP contribution < -0.4 is 15.2 Å². The number of carbonyl (C=O) groups excluding carboxylic acids is 1. The molecule has 0 aliphatic carbocycles. The molecule has 0 saturated carbocycles. The summed E-state index contributed by atoms with van der Waals surface area (Å²) in [7, 11) is -2.26. The SMILES string of the molecule is COc1ccc(C(=O)Nc2cccc(S(N)(=O)=O)c2)c(C)c1. The average Bonchev–Trinajstić information content (AvgIpc) is 2.46. The predicted molar refractivity (Wildman–Crippen MR) is 83.5 cm³/mol. The molecule has 3 N–H and O–H groups in total. The molecule has 0 unspecified atom stereocenters. The van der Waals surface area contributed by atoms with Crippen LogP contribution in [0.3, 0.4) is 0 Å². The topological polar surface area (TPSA) is 98.5 Å². The van der Waals surface area contributed by atoms with E-state index < -0.39 is 10.0 Å². The lowest BCUT2D eigenvalue weighted by Crippen LogP contribution is -2.15. The Balaban J connectivity index is 2.26. The Morgan fingerprint density at radius 1 is 1.18 bits per heavy atom. The number of carbonyl (C=O) groups is 1. The van der Waals surface area contributed by atoms with Crippen molar-refractivity contribution >= 4 is 21.6 Å².